The normalized spacial score (nSPS) is 18.2. The number of aromatic nitrogens is 5. The molecular weight excluding hydrogens is 382 g/mol. The standard InChI is InChI=1S/C21H27N7S/c1-16-25-19-17(20(26-16)23-8-13-28-10-2-7-24-28)3-4-21(19)5-11-27(12-6-21)15-18-22-9-14-29-18/h2,7,9-10,14H,3-6,8,11-13,15H2,1H3,(H,23,25,26). The molecule has 0 aromatic carbocycles. The Balaban J connectivity index is 1.28. The molecule has 152 valence electrons. The zero-order valence-corrected chi connectivity index (χ0v) is 17.7. The molecule has 0 atom stereocenters. The van der Waals surface area contributed by atoms with Crippen LogP contribution in [0.15, 0.2) is 30.0 Å². The third-order valence-corrected chi connectivity index (χ3v) is 7.09. The van der Waals surface area contributed by atoms with Gasteiger partial charge in [0.15, 0.2) is 0 Å². The van der Waals surface area contributed by atoms with Crippen molar-refractivity contribution in [1.82, 2.24) is 29.6 Å². The average Bonchev–Trinajstić information content (AvgIpc) is 3.47. The number of hydrogen-bond acceptors (Lipinski definition) is 7. The molecule has 0 bridgehead atoms. The van der Waals surface area contributed by atoms with Gasteiger partial charge in [-0.3, -0.25) is 9.58 Å². The van der Waals surface area contributed by atoms with E-state index in [1.54, 1.807) is 11.3 Å². The van der Waals surface area contributed by atoms with Gasteiger partial charge in [0.25, 0.3) is 0 Å². The van der Waals surface area contributed by atoms with Crippen molar-refractivity contribution in [3.63, 3.8) is 0 Å². The third kappa shape index (κ3) is 3.79. The molecule has 3 aromatic rings. The smallest absolute Gasteiger partial charge is 0.133 e. The molecule has 0 unspecified atom stereocenters. The molecule has 2 aliphatic rings. The van der Waals surface area contributed by atoms with Crippen LogP contribution in [0.4, 0.5) is 5.82 Å². The number of likely N-dealkylation sites (tertiary alicyclic amines) is 1. The SMILES string of the molecule is Cc1nc(NCCn2cccn2)c2c(n1)C1(CC2)CCN(Cc2nccs2)CC1. The van der Waals surface area contributed by atoms with Gasteiger partial charge in [-0.05, 0) is 51.8 Å². The lowest BCUT2D eigenvalue weighted by Gasteiger charge is -2.39. The summed E-state index contributed by atoms with van der Waals surface area (Å²) in [5.74, 6) is 1.90. The second-order valence-corrected chi connectivity index (χ2v) is 9.10. The minimum Gasteiger partial charge on any atom is -0.368 e. The number of nitrogens with zero attached hydrogens (tertiary/aromatic N) is 6. The molecule has 1 aliphatic heterocycles. The first-order valence-electron chi connectivity index (χ1n) is 10.4. The van der Waals surface area contributed by atoms with Crippen molar-refractivity contribution in [3.05, 3.63) is 52.1 Å². The van der Waals surface area contributed by atoms with Crippen LogP contribution >= 0.6 is 11.3 Å². The van der Waals surface area contributed by atoms with Crippen molar-refractivity contribution in [2.24, 2.45) is 0 Å². The van der Waals surface area contributed by atoms with Crippen molar-refractivity contribution >= 4 is 17.2 Å². The predicted octanol–water partition coefficient (Wildman–Crippen LogP) is 3.03. The van der Waals surface area contributed by atoms with E-state index in [2.05, 4.69) is 25.7 Å². The van der Waals surface area contributed by atoms with E-state index in [-0.39, 0.29) is 5.41 Å². The van der Waals surface area contributed by atoms with Crippen LogP contribution in [0.2, 0.25) is 0 Å². The van der Waals surface area contributed by atoms with Crippen LogP contribution in [0.5, 0.6) is 0 Å². The minimum absolute atomic E-state index is 0.223. The fourth-order valence-corrected chi connectivity index (χ4v) is 5.43. The van der Waals surface area contributed by atoms with Gasteiger partial charge in [-0.15, -0.1) is 11.3 Å². The summed E-state index contributed by atoms with van der Waals surface area (Å²) in [5, 5.41) is 11.1. The highest BCUT2D eigenvalue weighted by molar-refractivity contribution is 7.09. The fourth-order valence-electron chi connectivity index (χ4n) is 4.77. The number of rotatable bonds is 6. The molecule has 1 saturated heterocycles. The van der Waals surface area contributed by atoms with E-state index in [0.717, 1.165) is 50.8 Å². The Kier molecular flexibility index (Phi) is 5.05. The van der Waals surface area contributed by atoms with Crippen LogP contribution in [-0.2, 0) is 24.9 Å². The monoisotopic (exact) mass is 409 g/mol. The summed E-state index contributed by atoms with van der Waals surface area (Å²) in [7, 11) is 0. The Morgan fingerprint density at radius 1 is 1.17 bits per heavy atom. The summed E-state index contributed by atoms with van der Waals surface area (Å²) in [4.78, 5) is 16.7. The topological polar surface area (TPSA) is 71.8 Å². The average molecular weight is 410 g/mol. The number of nitrogens with one attached hydrogen (secondary N) is 1. The highest BCUT2D eigenvalue weighted by atomic mass is 32.1. The maximum Gasteiger partial charge on any atom is 0.133 e. The van der Waals surface area contributed by atoms with E-state index in [9.17, 15) is 0 Å². The lowest BCUT2D eigenvalue weighted by Crippen LogP contribution is -2.41. The molecular formula is C21H27N7S. The van der Waals surface area contributed by atoms with E-state index in [1.165, 1.54) is 35.5 Å². The largest absolute Gasteiger partial charge is 0.368 e. The van der Waals surface area contributed by atoms with E-state index < -0.39 is 0 Å². The van der Waals surface area contributed by atoms with Gasteiger partial charge in [-0.25, -0.2) is 15.0 Å². The molecule has 1 fully saturated rings. The molecule has 7 nitrogen and oxygen atoms in total. The number of piperidine rings is 1. The summed E-state index contributed by atoms with van der Waals surface area (Å²) in [6, 6.07) is 1.96. The van der Waals surface area contributed by atoms with Crippen LogP contribution in [0.25, 0.3) is 0 Å². The van der Waals surface area contributed by atoms with Gasteiger partial charge in [0, 0.05) is 41.5 Å². The van der Waals surface area contributed by atoms with E-state index in [0.29, 0.717) is 0 Å². The fraction of sp³-hybridized carbons (Fsp3) is 0.524. The Bertz CT molecular complexity index is 944. The lowest BCUT2D eigenvalue weighted by molar-refractivity contribution is 0.150. The second kappa shape index (κ2) is 7.84. The second-order valence-electron chi connectivity index (χ2n) is 8.12. The molecule has 0 amide bonds. The first-order valence-corrected chi connectivity index (χ1v) is 11.3. The quantitative estimate of drug-likeness (QED) is 0.675. The lowest BCUT2D eigenvalue weighted by atomic mass is 9.76. The van der Waals surface area contributed by atoms with Gasteiger partial charge in [-0.1, -0.05) is 0 Å². The van der Waals surface area contributed by atoms with Crippen molar-refractivity contribution in [2.45, 2.75) is 51.1 Å². The Hall–Kier alpha value is -2.32. The van der Waals surface area contributed by atoms with Crippen molar-refractivity contribution in [2.75, 3.05) is 25.0 Å². The molecule has 29 heavy (non-hydrogen) atoms. The van der Waals surface area contributed by atoms with Crippen molar-refractivity contribution in [3.8, 4) is 0 Å². The van der Waals surface area contributed by atoms with E-state index in [4.69, 9.17) is 9.97 Å². The van der Waals surface area contributed by atoms with Gasteiger partial charge < -0.3 is 5.32 Å². The van der Waals surface area contributed by atoms with Crippen molar-refractivity contribution in [1.29, 1.82) is 0 Å². The molecule has 8 heteroatoms. The first kappa shape index (κ1) is 18.7. The summed E-state index contributed by atoms with van der Waals surface area (Å²) >= 11 is 1.75. The van der Waals surface area contributed by atoms with Gasteiger partial charge in [0.2, 0.25) is 0 Å². The Morgan fingerprint density at radius 3 is 2.83 bits per heavy atom. The predicted molar refractivity (Wildman–Crippen MR) is 114 cm³/mol. The van der Waals surface area contributed by atoms with Crippen LogP contribution in [-0.4, -0.2) is 49.3 Å². The zero-order chi connectivity index (χ0) is 19.7. The molecule has 0 radical (unpaired) electrons. The number of thiazole rings is 1. The highest BCUT2D eigenvalue weighted by Crippen LogP contribution is 2.47. The summed E-state index contributed by atoms with van der Waals surface area (Å²) in [5.41, 5.74) is 2.87. The maximum atomic E-state index is 4.95. The molecule has 5 rings (SSSR count). The van der Waals surface area contributed by atoms with Crippen LogP contribution in [0, 0.1) is 6.92 Å². The molecule has 3 aromatic heterocycles. The molecule has 1 N–H and O–H groups in total. The number of anilines is 1. The Labute approximate surface area is 175 Å². The van der Waals surface area contributed by atoms with Gasteiger partial charge >= 0.3 is 0 Å². The minimum atomic E-state index is 0.223. The highest BCUT2D eigenvalue weighted by Gasteiger charge is 2.44. The summed E-state index contributed by atoms with van der Waals surface area (Å²) in [6.07, 6.45) is 10.3. The first-order chi connectivity index (χ1) is 14.2. The number of aryl methyl sites for hydroxylation is 1. The molecule has 0 saturated carbocycles. The number of hydrogen-bond donors (Lipinski definition) is 1. The van der Waals surface area contributed by atoms with E-state index >= 15 is 0 Å². The van der Waals surface area contributed by atoms with Crippen LogP contribution < -0.4 is 5.32 Å². The van der Waals surface area contributed by atoms with Crippen LogP contribution in [0.1, 0.15) is 41.4 Å². The summed E-state index contributed by atoms with van der Waals surface area (Å²) in [6.45, 7) is 6.88. The number of fused-ring (bicyclic) bond motifs is 2. The molecule has 4 heterocycles. The summed E-state index contributed by atoms with van der Waals surface area (Å²) < 4.78 is 1.95. The third-order valence-electron chi connectivity index (χ3n) is 6.32. The molecule has 1 aliphatic carbocycles. The Morgan fingerprint density at radius 2 is 2.07 bits per heavy atom. The van der Waals surface area contributed by atoms with Crippen molar-refractivity contribution < 1.29 is 0 Å². The van der Waals surface area contributed by atoms with Gasteiger partial charge in [0.05, 0.1) is 18.8 Å². The van der Waals surface area contributed by atoms with Gasteiger partial charge in [0.1, 0.15) is 16.6 Å². The maximum absolute atomic E-state index is 4.95. The van der Waals surface area contributed by atoms with Gasteiger partial charge in [-0.2, -0.15) is 5.10 Å². The van der Waals surface area contributed by atoms with E-state index in [1.807, 2.05) is 36.3 Å². The van der Waals surface area contributed by atoms with Crippen LogP contribution in [0.3, 0.4) is 0 Å². The molecule has 1 spiro atoms. The zero-order valence-electron chi connectivity index (χ0n) is 16.8.